The number of nitrogens with zero attached hydrogens (tertiary/aromatic N) is 3. The van der Waals surface area contributed by atoms with Crippen LogP contribution in [0.15, 0.2) is 45.1 Å². The molecule has 3 aromatic heterocycles. The van der Waals surface area contributed by atoms with E-state index in [1.165, 1.54) is 4.68 Å². The summed E-state index contributed by atoms with van der Waals surface area (Å²) < 4.78 is 8.48. The first-order chi connectivity index (χ1) is 12.7. The number of carbonyl (C=O) groups is 1. The Morgan fingerprint density at radius 1 is 1.31 bits per heavy atom. The number of amides is 2. The number of thiophene rings is 1. The monoisotopic (exact) mass is 373 g/mol. The van der Waals surface area contributed by atoms with Crippen molar-refractivity contribution >= 4 is 17.4 Å². The molecule has 0 spiro atoms. The Morgan fingerprint density at radius 2 is 2.19 bits per heavy atom. The molecule has 2 amide bonds. The molecule has 1 aliphatic carbocycles. The highest BCUT2D eigenvalue weighted by Crippen LogP contribution is 2.36. The summed E-state index contributed by atoms with van der Waals surface area (Å²) in [6, 6.07) is 7.40. The zero-order valence-corrected chi connectivity index (χ0v) is 14.9. The number of nitrogens with one attached hydrogen (secondary N) is 2. The van der Waals surface area contributed by atoms with E-state index in [0.29, 0.717) is 31.2 Å². The van der Waals surface area contributed by atoms with Crippen LogP contribution in [0.2, 0.25) is 0 Å². The molecule has 0 radical (unpaired) electrons. The van der Waals surface area contributed by atoms with Gasteiger partial charge in [0.05, 0.1) is 19.4 Å². The van der Waals surface area contributed by atoms with Gasteiger partial charge >= 0.3 is 11.7 Å². The fraction of sp³-hybridized carbons (Fsp3) is 0.353. The number of carbonyl (C=O) groups excluding carboxylic acids is 1. The summed E-state index contributed by atoms with van der Waals surface area (Å²) in [5, 5.41) is 11.9. The lowest BCUT2D eigenvalue weighted by Gasteiger charge is -2.06. The Balaban J connectivity index is 1.37. The first kappa shape index (κ1) is 16.6. The molecule has 0 aromatic carbocycles. The predicted molar refractivity (Wildman–Crippen MR) is 97.0 cm³/mol. The third-order valence-corrected chi connectivity index (χ3v) is 5.01. The lowest BCUT2D eigenvalue weighted by Crippen LogP contribution is -2.38. The molecule has 8 nitrogen and oxygen atoms in total. The smallest absolute Gasteiger partial charge is 0.346 e. The molecule has 1 saturated carbocycles. The first-order valence-electron chi connectivity index (χ1n) is 8.49. The third kappa shape index (κ3) is 3.57. The number of hydrogen-bond donors (Lipinski definition) is 2. The van der Waals surface area contributed by atoms with Crippen LogP contribution in [0.25, 0.3) is 11.6 Å². The third-order valence-electron chi connectivity index (χ3n) is 4.14. The zero-order valence-electron chi connectivity index (χ0n) is 14.1. The maximum atomic E-state index is 12.6. The fourth-order valence-corrected chi connectivity index (χ4v) is 3.36. The molecule has 4 rings (SSSR count). The van der Waals surface area contributed by atoms with E-state index in [9.17, 15) is 9.59 Å². The average molecular weight is 373 g/mol. The number of rotatable bonds is 7. The van der Waals surface area contributed by atoms with Gasteiger partial charge in [0.25, 0.3) is 0 Å². The van der Waals surface area contributed by atoms with Crippen molar-refractivity contribution in [1.29, 1.82) is 0 Å². The van der Waals surface area contributed by atoms with Crippen molar-refractivity contribution in [3.8, 4) is 11.6 Å². The lowest BCUT2D eigenvalue weighted by molar-refractivity contribution is 0.240. The Labute approximate surface area is 153 Å². The van der Waals surface area contributed by atoms with Gasteiger partial charge in [0, 0.05) is 17.5 Å². The molecular weight excluding hydrogens is 354 g/mol. The van der Waals surface area contributed by atoms with Gasteiger partial charge in [-0.15, -0.1) is 16.4 Å². The number of furan rings is 1. The summed E-state index contributed by atoms with van der Waals surface area (Å²) in [5.41, 5.74) is -0.167. The van der Waals surface area contributed by atoms with Crippen LogP contribution in [-0.4, -0.2) is 26.9 Å². The van der Waals surface area contributed by atoms with Gasteiger partial charge in [-0.3, -0.25) is 4.57 Å². The van der Waals surface area contributed by atoms with E-state index in [4.69, 9.17) is 4.42 Å². The topological polar surface area (TPSA) is 94.1 Å². The van der Waals surface area contributed by atoms with Crippen LogP contribution in [0, 0.1) is 0 Å². The second-order valence-corrected chi connectivity index (χ2v) is 7.13. The molecule has 0 saturated heterocycles. The van der Waals surface area contributed by atoms with Gasteiger partial charge in [0.2, 0.25) is 5.82 Å². The maximum absolute atomic E-state index is 12.6. The summed E-state index contributed by atoms with van der Waals surface area (Å²) >= 11 is 1.59. The van der Waals surface area contributed by atoms with E-state index >= 15 is 0 Å². The first-order valence-corrected chi connectivity index (χ1v) is 9.37. The zero-order chi connectivity index (χ0) is 17.9. The maximum Gasteiger partial charge on any atom is 0.346 e. The highest BCUT2D eigenvalue weighted by atomic mass is 32.1. The van der Waals surface area contributed by atoms with E-state index in [2.05, 4.69) is 15.7 Å². The molecule has 26 heavy (non-hydrogen) atoms. The molecule has 0 bridgehead atoms. The van der Waals surface area contributed by atoms with Crippen LogP contribution in [0.5, 0.6) is 0 Å². The molecular formula is C17H19N5O3S. The van der Waals surface area contributed by atoms with Crippen LogP contribution >= 0.6 is 11.3 Å². The second kappa shape index (κ2) is 7.20. The van der Waals surface area contributed by atoms with E-state index in [1.807, 2.05) is 17.5 Å². The van der Waals surface area contributed by atoms with E-state index in [0.717, 1.165) is 17.7 Å². The quantitative estimate of drug-likeness (QED) is 0.664. The second-order valence-electron chi connectivity index (χ2n) is 6.10. The predicted octanol–water partition coefficient (Wildman–Crippen LogP) is 2.20. The van der Waals surface area contributed by atoms with E-state index < -0.39 is 0 Å². The molecule has 3 aromatic rings. The highest BCUT2D eigenvalue weighted by Gasteiger charge is 2.31. The summed E-state index contributed by atoms with van der Waals surface area (Å²) in [4.78, 5) is 25.5. The molecule has 1 aliphatic rings. The van der Waals surface area contributed by atoms with Gasteiger partial charge in [-0.1, -0.05) is 6.07 Å². The largest absolute Gasteiger partial charge is 0.461 e. The molecule has 3 heterocycles. The lowest BCUT2D eigenvalue weighted by atomic mass is 10.4. The minimum absolute atomic E-state index is 0.167. The van der Waals surface area contributed by atoms with Crippen molar-refractivity contribution in [2.45, 2.75) is 32.0 Å². The van der Waals surface area contributed by atoms with Crippen molar-refractivity contribution in [1.82, 2.24) is 25.0 Å². The average Bonchev–Trinajstić information content (AvgIpc) is 3.07. The Kier molecular flexibility index (Phi) is 4.61. The fourth-order valence-electron chi connectivity index (χ4n) is 2.72. The van der Waals surface area contributed by atoms with Gasteiger partial charge in [0.1, 0.15) is 0 Å². The standard InChI is InChI=1S/C17H19N5O3S/c23-16(19-11-13-3-2-10-26-13)18-7-8-21-17(24)22(12-5-6-12)15(20-21)14-4-1-9-25-14/h1-4,9-10,12H,5-8,11H2,(H2,18,19,23). The summed E-state index contributed by atoms with van der Waals surface area (Å²) in [7, 11) is 0. The molecule has 136 valence electrons. The van der Waals surface area contributed by atoms with Crippen molar-refractivity contribution in [2.24, 2.45) is 0 Å². The van der Waals surface area contributed by atoms with Crippen molar-refractivity contribution < 1.29 is 9.21 Å². The minimum Gasteiger partial charge on any atom is -0.461 e. The van der Waals surface area contributed by atoms with Gasteiger partial charge in [-0.05, 0) is 36.4 Å². The number of urea groups is 1. The van der Waals surface area contributed by atoms with Crippen LogP contribution in [0.3, 0.4) is 0 Å². The molecule has 9 heteroatoms. The number of aromatic nitrogens is 3. The molecule has 0 unspecified atom stereocenters. The molecule has 2 N–H and O–H groups in total. The van der Waals surface area contributed by atoms with E-state index in [-0.39, 0.29) is 17.8 Å². The summed E-state index contributed by atoms with van der Waals surface area (Å²) in [6.07, 6.45) is 3.51. The van der Waals surface area contributed by atoms with Crippen molar-refractivity contribution in [3.05, 3.63) is 51.3 Å². The molecule has 0 aliphatic heterocycles. The van der Waals surface area contributed by atoms with Gasteiger partial charge in [-0.2, -0.15) is 0 Å². The normalized spacial score (nSPS) is 13.7. The van der Waals surface area contributed by atoms with Crippen molar-refractivity contribution in [3.63, 3.8) is 0 Å². The van der Waals surface area contributed by atoms with Crippen LogP contribution in [-0.2, 0) is 13.1 Å². The number of hydrogen-bond acceptors (Lipinski definition) is 5. The highest BCUT2D eigenvalue weighted by molar-refractivity contribution is 7.09. The summed E-state index contributed by atoms with van der Waals surface area (Å²) in [5.74, 6) is 1.12. The van der Waals surface area contributed by atoms with Gasteiger partial charge in [-0.25, -0.2) is 14.3 Å². The summed E-state index contributed by atoms with van der Waals surface area (Å²) in [6.45, 7) is 1.11. The Hall–Kier alpha value is -2.81. The van der Waals surface area contributed by atoms with Crippen LogP contribution in [0.1, 0.15) is 23.8 Å². The Bertz CT molecular complexity index is 922. The molecule has 0 atom stereocenters. The van der Waals surface area contributed by atoms with Crippen molar-refractivity contribution in [2.75, 3.05) is 6.54 Å². The Morgan fingerprint density at radius 3 is 2.88 bits per heavy atom. The SMILES string of the molecule is O=C(NCCn1nc(-c2ccco2)n(C2CC2)c1=O)NCc1cccs1. The van der Waals surface area contributed by atoms with Crippen LogP contribution < -0.4 is 16.3 Å². The minimum atomic E-state index is -0.265. The van der Waals surface area contributed by atoms with E-state index in [1.54, 1.807) is 34.3 Å². The molecule has 1 fully saturated rings. The van der Waals surface area contributed by atoms with Crippen LogP contribution in [0.4, 0.5) is 4.79 Å². The van der Waals surface area contributed by atoms with Gasteiger partial charge < -0.3 is 15.1 Å². The van der Waals surface area contributed by atoms with Gasteiger partial charge in [0.15, 0.2) is 5.76 Å².